The van der Waals surface area contributed by atoms with Crippen LogP contribution in [0.25, 0.3) is 0 Å². The lowest BCUT2D eigenvalue weighted by molar-refractivity contribution is 0.627. The van der Waals surface area contributed by atoms with Crippen LogP contribution in [0.1, 0.15) is 16.7 Å². The van der Waals surface area contributed by atoms with Crippen molar-refractivity contribution in [1.82, 2.24) is 0 Å². The fourth-order valence-electron chi connectivity index (χ4n) is 1.79. The van der Waals surface area contributed by atoms with E-state index < -0.39 is 0 Å². The lowest BCUT2D eigenvalue weighted by atomic mass is 10.1. The number of nitrogens with one attached hydrogen (secondary N) is 1. The van der Waals surface area contributed by atoms with Crippen molar-refractivity contribution < 1.29 is 4.39 Å². The topological polar surface area (TPSA) is 12.0 Å². The summed E-state index contributed by atoms with van der Waals surface area (Å²) in [5.74, 6) is -0.223. The number of rotatable bonds is 3. The molecule has 0 radical (unpaired) electrons. The van der Waals surface area contributed by atoms with Crippen LogP contribution in [0.15, 0.2) is 36.4 Å². The molecule has 0 fully saturated rings. The molecule has 3 heteroatoms. The Labute approximate surface area is 112 Å². The molecule has 1 N–H and O–H groups in total. The van der Waals surface area contributed by atoms with Crippen molar-refractivity contribution in [2.24, 2.45) is 0 Å². The van der Waals surface area contributed by atoms with Crippen molar-refractivity contribution in [2.45, 2.75) is 20.4 Å². The molecule has 0 bridgehead atoms. The van der Waals surface area contributed by atoms with E-state index in [1.807, 2.05) is 38.1 Å². The van der Waals surface area contributed by atoms with Gasteiger partial charge in [0.15, 0.2) is 0 Å². The minimum absolute atomic E-state index is 0.223. The Hall–Kier alpha value is -1.54. The molecule has 2 aromatic rings. The van der Waals surface area contributed by atoms with E-state index in [0.717, 1.165) is 27.4 Å². The van der Waals surface area contributed by atoms with Gasteiger partial charge in [0.1, 0.15) is 5.82 Å². The van der Waals surface area contributed by atoms with Crippen LogP contribution in [0.2, 0.25) is 5.02 Å². The maximum absolute atomic E-state index is 13.2. The Morgan fingerprint density at radius 1 is 1.11 bits per heavy atom. The molecule has 1 nitrogen and oxygen atoms in total. The highest BCUT2D eigenvalue weighted by Crippen LogP contribution is 2.18. The molecule has 2 rings (SSSR count). The number of hydrogen-bond donors (Lipinski definition) is 1. The van der Waals surface area contributed by atoms with Crippen molar-refractivity contribution >= 4 is 17.3 Å². The molecule has 0 heterocycles. The first-order chi connectivity index (χ1) is 8.54. The molecule has 18 heavy (non-hydrogen) atoms. The van der Waals surface area contributed by atoms with E-state index >= 15 is 0 Å². The van der Waals surface area contributed by atoms with Gasteiger partial charge < -0.3 is 5.32 Å². The van der Waals surface area contributed by atoms with Crippen LogP contribution in [0.3, 0.4) is 0 Å². The van der Waals surface area contributed by atoms with Gasteiger partial charge in [-0.15, -0.1) is 0 Å². The van der Waals surface area contributed by atoms with Gasteiger partial charge in [0.05, 0.1) is 0 Å². The smallest absolute Gasteiger partial charge is 0.125 e. The summed E-state index contributed by atoms with van der Waals surface area (Å²) in [7, 11) is 0. The van der Waals surface area contributed by atoms with Gasteiger partial charge in [0.25, 0.3) is 0 Å². The van der Waals surface area contributed by atoms with E-state index in [0.29, 0.717) is 6.54 Å². The van der Waals surface area contributed by atoms with Crippen LogP contribution in [0.5, 0.6) is 0 Å². The summed E-state index contributed by atoms with van der Waals surface area (Å²) in [5, 5.41) is 3.95. The first-order valence-corrected chi connectivity index (χ1v) is 6.18. The summed E-state index contributed by atoms with van der Waals surface area (Å²) in [6.07, 6.45) is 0. The fraction of sp³-hybridized carbons (Fsp3) is 0.200. The van der Waals surface area contributed by atoms with Crippen LogP contribution in [-0.4, -0.2) is 0 Å². The van der Waals surface area contributed by atoms with Crippen molar-refractivity contribution in [3.63, 3.8) is 0 Å². The van der Waals surface area contributed by atoms with Crippen LogP contribution in [-0.2, 0) is 6.54 Å². The monoisotopic (exact) mass is 263 g/mol. The SMILES string of the molecule is Cc1cc(F)cc(NCc2ccc(C)c(Cl)c2)c1. The zero-order valence-corrected chi connectivity index (χ0v) is 11.2. The molecule has 0 unspecified atom stereocenters. The third kappa shape index (κ3) is 3.23. The summed E-state index contributed by atoms with van der Waals surface area (Å²) < 4.78 is 13.2. The fourth-order valence-corrected chi connectivity index (χ4v) is 1.99. The molecule has 0 atom stereocenters. The minimum Gasteiger partial charge on any atom is -0.381 e. The highest BCUT2D eigenvalue weighted by Gasteiger charge is 2.00. The third-order valence-corrected chi connectivity index (χ3v) is 3.18. The Kier molecular flexibility index (Phi) is 3.87. The van der Waals surface area contributed by atoms with Crippen molar-refractivity contribution in [2.75, 3.05) is 5.32 Å². The lowest BCUT2D eigenvalue weighted by Crippen LogP contribution is -2.00. The summed E-state index contributed by atoms with van der Waals surface area (Å²) in [6, 6.07) is 10.8. The van der Waals surface area contributed by atoms with Gasteiger partial charge in [-0.25, -0.2) is 4.39 Å². The number of halogens is 2. The molecule has 0 aliphatic carbocycles. The first kappa shape index (κ1) is 12.9. The van der Waals surface area contributed by atoms with Crippen molar-refractivity contribution in [3.8, 4) is 0 Å². The number of benzene rings is 2. The predicted octanol–water partition coefficient (Wildman–Crippen LogP) is 4.71. The van der Waals surface area contributed by atoms with Crippen molar-refractivity contribution in [3.05, 3.63) is 63.9 Å². The molecule has 0 aromatic heterocycles. The second kappa shape index (κ2) is 5.40. The molecule has 0 aliphatic heterocycles. The summed E-state index contributed by atoms with van der Waals surface area (Å²) >= 11 is 6.06. The second-order valence-corrected chi connectivity index (χ2v) is 4.86. The Balaban J connectivity index is 2.08. The summed E-state index contributed by atoms with van der Waals surface area (Å²) in [6.45, 7) is 4.47. The molecule has 0 amide bonds. The highest BCUT2D eigenvalue weighted by atomic mass is 35.5. The number of aryl methyl sites for hydroxylation is 2. The van der Waals surface area contributed by atoms with Gasteiger partial charge in [0.2, 0.25) is 0 Å². The Morgan fingerprint density at radius 3 is 2.56 bits per heavy atom. The predicted molar refractivity (Wildman–Crippen MR) is 74.7 cm³/mol. The lowest BCUT2D eigenvalue weighted by Gasteiger charge is -2.09. The normalized spacial score (nSPS) is 10.4. The van der Waals surface area contributed by atoms with Gasteiger partial charge in [-0.3, -0.25) is 0 Å². The van der Waals surface area contributed by atoms with Crippen LogP contribution >= 0.6 is 11.6 Å². The number of anilines is 1. The maximum atomic E-state index is 13.2. The van der Waals surface area contributed by atoms with E-state index in [-0.39, 0.29) is 5.82 Å². The van der Waals surface area contributed by atoms with Gasteiger partial charge in [-0.05, 0) is 54.8 Å². The van der Waals surface area contributed by atoms with Crippen LogP contribution in [0, 0.1) is 19.7 Å². The highest BCUT2D eigenvalue weighted by molar-refractivity contribution is 6.31. The standard InChI is InChI=1S/C15H15ClFN/c1-10-5-13(17)8-14(6-10)18-9-12-4-3-11(2)15(16)7-12/h3-8,18H,9H2,1-2H3. The maximum Gasteiger partial charge on any atom is 0.125 e. The third-order valence-electron chi connectivity index (χ3n) is 2.78. The van der Waals surface area contributed by atoms with Gasteiger partial charge in [-0.1, -0.05) is 23.7 Å². The van der Waals surface area contributed by atoms with Gasteiger partial charge >= 0.3 is 0 Å². The van der Waals surface area contributed by atoms with Crippen molar-refractivity contribution in [1.29, 1.82) is 0 Å². The quantitative estimate of drug-likeness (QED) is 0.846. The average molecular weight is 264 g/mol. The van der Waals surface area contributed by atoms with E-state index in [4.69, 9.17) is 11.6 Å². The first-order valence-electron chi connectivity index (χ1n) is 5.81. The molecule has 94 valence electrons. The van der Waals surface area contributed by atoms with Crippen LogP contribution in [0.4, 0.5) is 10.1 Å². The van der Waals surface area contributed by atoms with Gasteiger partial charge in [0, 0.05) is 17.3 Å². The Morgan fingerprint density at radius 2 is 1.89 bits per heavy atom. The summed E-state index contributed by atoms with van der Waals surface area (Å²) in [5.41, 5.74) is 3.82. The number of hydrogen-bond acceptors (Lipinski definition) is 1. The largest absolute Gasteiger partial charge is 0.381 e. The summed E-state index contributed by atoms with van der Waals surface area (Å²) in [4.78, 5) is 0. The van der Waals surface area contributed by atoms with Gasteiger partial charge in [-0.2, -0.15) is 0 Å². The molecule has 0 aliphatic rings. The zero-order valence-electron chi connectivity index (χ0n) is 10.4. The second-order valence-electron chi connectivity index (χ2n) is 4.45. The van der Waals surface area contributed by atoms with E-state index in [9.17, 15) is 4.39 Å². The minimum atomic E-state index is -0.223. The van der Waals surface area contributed by atoms with E-state index in [1.54, 1.807) is 0 Å². The average Bonchev–Trinajstić information content (AvgIpc) is 2.29. The molecule has 0 spiro atoms. The molecular weight excluding hydrogens is 249 g/mol. The molecule has 2 aromatic carbocycles. The Bertz CT molecular complexity index is 546. The molecule has 0 saturated carbocycles. The molecule has 0 saturated heterocycles. The zero-order chi connectivity index (χ0) is 13.1. The van der Waals surface area contributed by atoms with E-state index in [1.165, 1.54) is 12.1 Å². The van der Waals surface area contributed by atoms with E-state index in [2.05, 4.69) is 5.32 Å². The molecular formula is C15H15ClFN. The van der Waals surface area contributed by atoms with Crippen LogP contribution < -0.4 is 5.32 Å².